The lowest BCUT2D eigenvalue weighted by molar-refractivity contribution is 0.225. The van der Waals surface area contributed by atoms with E-state index in [-0.39, 0.29) is 0 Å². The molecule has 1 aromatic rings. The van der Waals surface area contributed by atoms with Gasteiger partial charge in [-0.3, -0.25) is 4.90 Å². The normalized spacial score (nSPS) is 13.5. The smallest absolute Gasteiger partial charge is 0.118 e. The van der Waals surface area contributed by atoms with Crippen LogP contribution in [0.15, 0.2) is 16.7 Å². The molecule has 14 heavy (non-hydrogen) atoms. The molecule has 0 aliphatic carbocycles. The minimum Gasteiger partial charge on any atom is -0.468 e. The first-order valence-corrected chi connectivity index (χ1v) is 5.14. The highest BCUT2D eigenvalue weighted by Gasteiger charge is 2.09. The van der Waals surface area contributed by atoms with Crippen molar-refractivity contribution in [1.82, 2.24) is 4.90 Å². The van der Waals surface area contributed by atoms with Crippen molar-refractivity contribution in [3.63, 3.8) is 0 Å². The highest BCUT2D eigenvalue weighted by atomic mass is 16.3. The summed E-state index contributed by atoms with van der Waals surface area (Å²) in [5.74, 6) is 0.994. The molecule has 80 valence electrons. The monoisotopic (exact) mass is 196 g/mol. The van der Waals surface area contributed by atoms with Gasteiger partial charge in [0.05, 0.1) is 12.8 Å². The second-order valence-corrected chi connectivity index (χ2v) is 3.80. The molecular formula is C11H20N2O. The van der Waals surface area contributed by atoms with Gasteiger partial charge in [0.2, 0.25) is 0 Å². The van der Waals surface area contributed by atoms with Gasteiger partial charge in [0.25, 0.3) is 0 Å². The van der Waals surface area contributed by atoms with Crippen molar-refractivity contribution in [3.05, 3.63) is 23.7 Å². The average molecular weight is 196 g/mol. The van der Waals surface area contributed by atoms with Crippen LogP contribution in [-0.2, 0) is 13.1 Å². The first-order chi connectivity index (χ1) is 6.67. The number of rotatable bonds is 5. The molecule has 0 aromatic carbocycles. The van der Waals surface area contributed by atoms with E-state index in [0.29, 0.717) is 12.6 Å². The van der Waals surface area contributed by atoms with E-state index in [1.807, 2.05) is 6.07 Å². The maximum absolute atomic E-state index is 5.51. The lowest BCUT2D eigenvalue weighted by Crippen LogP contribution is -2.27. The van der Waals surface area contributed by atoms with E-state index < -0.39 is 0 Å². The Morgan fingerprint density at radius 3 is 2.79 bits per heavy atom. The molecule has 0 fully saturated rings. The molecule has 1 heterocycles. The second-order valence-electron chi connectivity index (χ2n) is 3.80. The van der Waals surface area contributed by atoms with Gasteiger partial charge in [0.15, 0.2) is 0 Å². The van der Waals surface area contributed by atoms with Crippen LogP contribution in [0, 0.1) is 0 Å². The first kappa shape index (κ1) is 11.3. The molecule has 0 saturated heterocycles. The Kier molecular flexibility index (Phi) is 4.17. The van der Waals surface area contributed by atoms with Crippen LogP contribution in [0.3, 0.4) is 0 Å². The van der Waals surface area contributed by atoms with Gasteiger partial charge in [-0.25, -0.2) is 0 Å². The minimum absolute atomic E-state index is 0.552. The average Bonchev–Trinajstić information content (AvgIpc) is 2.64. The van der Waals surface area contributed by atoms with Crippen LogP contribution in [0.1, 0.15) is 31.6 Å². The van der Waals surface area contributed by atoms with Gasteiger partial charge < -0.3 is 10.2 Å². The SMILES string of the molecule is CCC(C)N(C)Cc1cc(CN)co1. The summed E-state index contributed by atoms with van der Waals surface area (Å²) in [5, 5.41) is 0. The largest absolute Gasteiger partial charge is 0.468 e. The molecule has 3 nitrogen and oxygen atoms in total. The first-order valence-electron chi connectivity index (χ1n) is 5.14. The van der Waals surface area contributed by atoms with Crippen LogP contribution in [0.25, 0.3) is 0 Å². The molecule has 1 aromatic heterocycles. The van der Waals surface area contributed by atoms with E-state index in [4.69, 9.17) is 10.2 Å². The van der Waals surface area contributed by atoms with Crippen molar-refractivity contribution >= 4 is 0 Å². The predicted molar refractivity (Wildman–Crippen MR) is 57.8 cm³/mol. The molecule has 0 saturated carbocycles. The van der Waals surface area contributed by atoms with Crippen molar-refractivity contribution in [2.24, 2.45) is 5.73 Å². The fourth-order valence-electron chi connectivity index (χ4n) is 1.33. The van der Waals surface area contributed by atoms with Crippen LogP contribution in [0.4, 0.5) is 0 Å². The van der Waals surface area contributed by atoms with E-state index in [0.717, 1.165) is 24.3 Å². The summed E-state index contributed by atoms with van der Waals surface area (Å²) in [4.78, 5) is 2.28. The molecule has 0 amide bonds. The number of hydrogen-bond acceptors (Lipinski definition) is 3. The van der Waals surface area contributed by atoms with Gasteiger partial charge in [-0.15, -0.1) is 0 Å². The van der Waals surface area contributed by atoms with E-state index in [1.54, 1.807) is 6.26 Å². The van der Waals surface area contributed by atoms with Crippen molar-refractivity contribution in [2.75, 3.05) is 7.05 Å². The van der Waals surface area contributed by atoms with Crippen molar-refractivity contribution in [1.29, 1.82) is 0 Å². The third-order valence-corrected chi connectivity index (χ3v) is 2.69. The zero-order chi connectivity index (χ0) is 10.6. The summed E-state index contributed by atoms with van der Waals surface area (Å²) < 4.78 is 5.40. The molecule has 0 spiro atoms. The molecule has 3 heteroatoms. The Balaban J connectivity index is 2.51. The number of nitrogens with two attached hydrogens (primary N) is 1. The van der Waals surface area contributed by atoms with Gasteiger partial charge in [-0.1, -0.05) is 6.92 Å². The van der Waals surface area contributed by atoms with Crippen molar-refractivity contribution in [3.8, 4) is 0 Å². The van der Waals surface area contributed by atoms with E-state index in [2.05, 4.69) is 25.8 Å². The second kappa shape index (κ2) is 5.17. The lowest BCUT2D eigenvalue weighted by atomic mass is 10.2. The molecule has 0 bridgehead atoms. The zero-order valence-electron chi connectivity index (χ0n) is 9.29. The number of hydrogen-bond donors (Lipinski definition) is 1. The Morgan fingerprint density at radius 2 is 2.29 bits per heavy atom. The van der Waals surface area contributed by atoms with Crippen LogP contribution in [0.5, 0.6) is 0 Å². The van der Waals surface area contributed by atoms with Crippen LogP contribution < -0.4 is 5.73 Å². The van der Waals surface area contributed by atoms with E-state index >= 15 is 0 Å². The third kappa shape index (κ3) is 2.86. The predicted octanol–water partition coefficient (Wildman–Crippen LogP) is 1.97. The highest BCUT2D eigenvalue weighted by molar-refractivity contribution is 5.12. The number of nitrogens with zero attached hydrogens (tertiary/aromatic N) is 1. The minimum atomic E-state index is 0.552. The molecule has 0 aliphatic heterocycles. The summed E-state index contributed by atoms with van der Waals surface area (Å²) in [6.45, 7) is 5.81. The lowest BCUT2D eigenvalue weighted by Gasteiger charge is -2.21. The Morgan fingerprint density at radius 1 is 1.57 bits per heavy atom. The summed E-state index contributed by atoms with van der Waals surface area (Å²) in [5.41, 5.74) is 6.57. The molecule has 0 aliphatic rings. The number of furan rings is 1. The van der Waals surface area contributed by atoms with Crippen LogP contribution in [0.2, 0.25) is 0 Å². The Labute approximate surface area is 85.9 Å². The standard InChI is InChI=1S/C11H20N2O/c1-4-9(2)13(3)7-11-5-10(6-12)8-14-11/h5,8-9H,4,6-7,12H2,1-3H3. The van der Waals surface area contributed by atoms with Gasteiger partial charge in [0, 0.05) is 18.2 Å². The molecule has 1 atom stereocenters. The fraction of sp³-hybridized carbons (Fsp3) is 0.636. The Bertz CT molecular complexity index is 270. The zero-order valence-corrected chi connectivity index (χ0v) is 9.29. The van der Waals surface area contributed by atoms with Gasteiger partial charge in [-0.2, -0.15) is 0 Å². The van der Waals surface area contributed by atoms with Crippen molar-refractivity contribution in [2.45, 2.75) is 39.4 Å². The van der Waals surface area contributed by atoms with Gasteiger partial charge in [-0.05, 0) is 26.5 Å². The quantitative estimate of drug-likeness (QED) is 0.783. The van der Waals surface area contributed by atoms with E-state index in [9.17, 15) is 0 Å². The third-order valence-electron chi connectivity index (χ3n) is 2.69. The topological polar surface area (TPSA) is 42.4 Å². The maximum atomic E-state index is 5.51. The van der Waals surface area contributed by atoms with E-state index in [1.165, 1.54) is 0 Å². The molecular weight excluding hydrogens is 176 g/mol. The molecule has 1 unspecified atom stereocenters. The summed E-state index contributed by atoms with van der Waals surface area (Å²) in [7, 11) is 2.11. The molecule has 0 radical (unpaired) electrons. The van der Waals surface area contributed by atoms with Crippen molar-refractivity contribution < 1.29 is 4.42 Å². The maximum Gasteiger partial charge on any atom is 0.118 e. The van der Waals surface area contributed by atoms with Gasteiger partial charge >= 0.3 is 0 Å². The molecule has 2 N–H and O–H groups in total. The van der Waals surface area contributed by atoms with Crippen LogP contribution in [-0.4, -0.2) is 18.0 Å². The molecule has 1 rings (SSSR count). The summed E-state index contributed by atoms with van der Waals surface area (Å²) >= 11 is 0. The van der Waals surface area contributed by atoms with Crippen LogP contribution >= 0.6 is 0 Å². The summed E-state index contributed by atoms with van der Waals surface area (Å²) in [6.07, 6.45) is 2.89. The highest BCUT2D eigenvalue weighted by Crippen LogP contribution is 2.11. The summed E-state index contributed by atoms with van der Waals surface area (Å²) in [6, 6.07) is 2.61. The Hall–Kier alpha value is -0.800. The fourth-order valence-corrected chi connectivity index (χ4v) is 1.33. The van der Waals surface area contributed by atoms with Gasteiger partial charge in [0.1, 0.15) is 5.76 Å².